The first-order valence-corrected chi connectivity index (χ1v) is 5.18. The number of hydroxylamine groups is 2. The van der Waals surface area contributed by atoms with E-state index in [2.05, 4.69) is 14.3 Å². The van der Waals surface area contributed by atoms with Crippen molar-refractivity contribution >= 4 is 23.9 Å². The van der Waals surface area contributed by atoms with Crippen LogP contribution in [-0.2, 0) is 61.4 Å². The fourth-order valence-electron chi connectivity index (χ4n) is 1.00. The summed E-state index contributed by atoms with van der Waals surface area (Å²) in [6.45, 7) is 3.67. The Balaban J connectivity index is 0.00000324. The maximum atomic E-state index is 11.1. The summed E-state index contributed by atoms with van der Waals surface area (Å²) in [6, 6.07) is 0. The molecule has 0 unspecified atom stereocenters. The van der Waals surface area contributed by atoms with Crippen LogP contribution < -0.4 is 0 Å². The van der Waals surface area contributed by atoms with Gasteiger partial charge in [-0.05, 0) is 0 Å². The molecule has 1 fully saturated rings. The van der Waals surface area contributed by atoms with E-state index < -0.39 is 23.9 Å². The van der Waals surface area contributed by atoms with Crippen LogP contribution in [0.5, 0.6) is 0 Å². The Morgan fingerprint density at radius 1 is 1.16 bits per heavy atom. The minimum atomic E-state index is -1.34. The van der Waals surface area contributed by atoms with Crippen LogP contribution in [0.3, 0.4) is 0 Å². The SMILES string of the molecule is CC(C)C(=O)O[CH-]OC(=O)ON1C(=O)CCC1=O.[Y]. The first-order valence-electron chi connectivity index (χ1n) is 5.18. The summed E-state index contributed by atoms with van der Waals surface area (Å²) < 4.78 is 8.66. The quantitative estimate of drug-likeness (QED) is 0.415. The predicted molar refractivity (Wildman–Crippen MR) is 53.9 cm³/mol. The molecule has 0 saturated carbocycles. The number of hydrogen-bond acceptors (Lipinski definition) is 7. The Morgan fingerprint density at radius 3 is 2.16 bits per heavy atom. The fourth-order valence-corrected chi connectivity index (χ4v) is 1.00. The number of imide groups is 1. The second-order valence-electron chi connectivity index (χ2n) is 3.73. The zero-order valence-corrected chi connectivity index (χ0v) is 13.3. The molecule has 1 saturated heterocycles. The molecule has 9 heteroatoms. The van der Waals surface area contributed by atoms with Crippen molar-refractivity contribution in [2.24, 2.45) is 5.92 Å². The molecular formula is C10H12NO7Y-. The average molecular weight is 347 g/mol. The number of amides is 2. The van der Waals surface area contributed by atoms with E-state index in [1.165, 1.54) is 0 Å². The molecule has 2 amide bonds. The van der Waals surface area contributed by atoms with Crippen LogP contribution >= 0.6 is 0 Å². The van der Waals surface area contributed by atoms with Gasteiger partial charge < -0.3 is 9.47 Å². The van der Waals surface area contributed by atoms with E-state index in [1.54, 1.807) is 13.8 Å². The van der Waals surface area contributed by atoms with Crippen molar-refractivity contribution in [1.29, 1.82) is 0 Å². The Morgan fingerprint density at radius 2 is 1.68 bits per heavy atom. The van der Waals surface area contributed by atoms with Crippen molar-refractivity contribution in [3.05, 3.63) is 6.79 Å². The van der Waals surface area contributed by atoms with E-state index in [-0.39, 0.29) is 51.5 Å². The average Bonchev–Trinajstić information content (AvgIpc) is 2.60. The van der Waals surface area contributed by atoms with Gasteiger partial charge in [-0.25, -0.2) is 4.79 Å². The second-order valence-corrected chi connectivity index (χ2v) is 3.73. The van der Waals surface area contributed by atoms with Crippen LogP contribution in [0.4, 0.5) is 4.79 Å². The van der Waals surface area contributed by atoms with Crippen LogP contribution in [0, 0.1) is 12.7 Å². The molecule has 0 aromatic carbocycles. The summed E-state index contributed by atoms with van der Waals surface area (Å²) in [4.78, 5) is 48.5. The Kier molecular flexibility index (Phi) is 7.77. The van der Waals surface area contributed by atoms with Gasteiger partial charge in [-0.15, -0.1) is 0 Å². The van der Waals surface area contributed by atoms with E-state index in [4.69, 9.17) is 0 Å². The molecule has 0 bridgehead atoms. The van der Waals surface area contributed by atoms with Gasteiger partial charge in [0.15, 0.2) is 0 Å². The number of hydrogen-bond donors (Lipinski definition) is 0. The first-order chi connectivity index (χ1) is 8.41. The van der Waals surface area contributed by atoms with Crippen LogP contribution in [0.1, 0.15) is 26.7 Å². The topological polar surface area (TPSA) is 99.2 Å². The molecule has 1 radical (unpaired) electrons. The number of rotatable bonds is 4. The predicted octanol–water partition coefficient (Wildman–Crippen LogP) is 0.520. The minimum Gasteiger partial charge on any atom is -0.597 e. The van der Waals surface area contributed by atoms with Gasteiger partial charge in [-0.1, -0.05) is 18.9 Å². The van der Waals surface area contributed by atoms with Gasteiger partial charge in [0.05, 0.1) is 0 Å². The zero-order valence-electron chi connectivity index (χ0n) is 10.5. The zero-order chi connectivity index (χ0) is 13.7. The van der Waals surface area contributed by atoms with Gasteiger partial charge in [0.2, 0.25) is 0 Å². The van der Waals surface area contributed by atoms with Gasteiger partial charge in [0, 0.05) is 58.3 Å². The minimum absolute atomic E-state index is 0. The molecule has 1 aliphatic heterocycles. The van der Waals surface area contributed by atoms with Crippen LogP contribution in [-0.4, -0.2) is 29.0 Å². The van der Waals surface area contributed by atoms with Gasteiger partial charge >= 0.3 is 6.16 Å². The summed E-state index contributed by atoms with van der Waals surface area (Å²) in [5.74, 6) is -2.24. The molecule has 19 heavy (non-hydrogen) atoms. The van der Waals surface area contributed by atoms with Crippen molar-refractivity contribution < 1.29 is 66.2 Å². The summed E-state index contributed by atoms with van der Waals surface area (Å²) >= 11 is 0. The smallest absolute Gasteiger partial charge is 0.504 e. The van der Waals surface area contributed by atoms with Gasteiger partial charge in [0.1, 0.15) is 0 Å². The summed E-state index contributed by atoms with van der Waals surface area (Å²) in [6.07, 6.45) is -1.37. The van der Waals surface area contributed by atoms with E-state index >= 15 is 0 Å². The van der Waals surface area contributed by atoms with E-state index in [9.17, 15) is 19.2 Å². The van der Waals surface area contributed by atoms with Crippen molar-refractivity contribution in [2.75, 3.05) is 0 Å². The van der Waals surface area contributed by atoms with Crippen molar-refractivity contribution in [3.63, 3.8) is 0 Å². The van der Waals surface area contributed by atoms with Gasteiger partial charge in [-0.3, -0.25) is 19.2 Å². The normalized spacial score (nSPS) is 14.2. The number of carbonyl (C=O) groups excluding carboxylic acids is 4. The van der Waals surface area contributed by atoms with Gasteiger partial charge in [-0.2, -0.15) is 0 Å². The number of esters is 1. The molecule has 0 atom stereocenters. The monoisotopic (exact) mass is 347 g/mol. The third kappa shape index (κ3) is 5.65. The molecule has 103 valence electrons. The van der Waals surface area contributed by atoms with E-state index in [0.29, 0.717) is 11.9 Å². The number of nitrogens with zero attached hydrogens (tertiary/aromatic N) is 1. The van der Waals surface area contributed by atoms with Crippen LogP contribution in [0.25, 0.3) is 0 Å². The number of ether oxygens (including phenoxy) is 2. The molecule has 8 nitrogen and oxygen atoms in total. The van der Waals surface area contributed by atoms with Crippen molar-refractivity contribution in [1.82, 2.24) is 5.06 Å². The van der Waals surface area contributed by atoms with Crippen LogP contribution in [0.15, 0.2) is 0 Å². The molecule has 1 aliphatic rings. The van der Waals surface area contributed by atoms with Crippen molar-refractivity contribution in [3.8, 4) is 0 Å². The Bertz CT molecular complexity index is 366. The molecular weight excluding hydrogens is 335 g/mol. The molecule has 0 aromatic heterocycles. The molecule has 1 heterocycles. The maximum absolute atomic E-state index is 11.1. The molecule has 1 rings (SSSR count). The second kappa shape index (κ2) is 8.21. The Hall–Kier alpha value is -1.02. The largest absolute Gasteiger partial charge is 0.597 e. The third-order valence-electron chi connectivity index (χ3n) is 1.95. The third-order valence-corrected chi connectivity index (χ3v) is 1.95. The van der Waals surface area contributed by atoms with Crippen molar-refractivity contribution in [2.45, 2.75) is 26.7 Å². The van der Waals surface area contributed by atoms with Crippen LogP contribution in [0.2, 0.25) is 0 Å². The standard InChI is InChI=1S/C10H12NO7.Y/c1-6(2)9(14)16-5-17-10(15)18-11-7(12)3-4-8(11)13;/h5-6H,3-4H2,1-2H3;/q-1;. The molecule has 0 spiro atoms. The summed E-state index contributed by atoms with van der Waals surface area (Å²) in [7, 11) is 0. The van der Waals surface area contributed by atoms with E-state index in [0.717, 1.165) is 0 Å². The molecule has 0 aromatic rings. The van der Waals surface area contributed by atoms with E-state index in [1.807, 2.05) is 0 Å². The first kappa shape index (κ1) is 18.0. The Labute approximate surface area is 134 Å². The molecule has 0 aliphatic carbocycles. The molecule has 0 N–H and O–H groups in total. The summed E-state index contributed by atoms with van der Waals surface area (Å²) in [5.41, 5.74) is 0. The van der Waals surface area contributed by atoms with Gasteiger partial charge in [0.25, 0.3) is 17.8 Å². The summed E-state index contributed by atoms with van der Waals surface area (Å²) in [5, 5.41) is 0.320. The maximum Gasteiger partial charge on any atom is 0.504 e. The number of carbonyl (C=O) groups is 4. The fraction of sp³-hybridized carbons (Fsp3) is 0.500.